The van der Waals surface area contributed by atoms with Gasteiger partial charge in [0.15, 0.2) is 11.2 Å². The fourth-order valence-electron chi connectivity index (χ4n) is 4.97. The third-order valence-corrected chi connectivity index (χ3v) is 8.28. The fraction of sp³-hybridized carbons (Fsp3) is 0.258. The van der Waals surface area contributed by atoms with Gasteiger partial charge in [0, 0.05) is 16.9 Å². The maximum atomic E-state index is 13.6. The first-order chi connectivity index (χ1) is 19.4. The predicted octanol–water partition coefficient (Wildman–Crippen LogP) is 7.28. The van der Waals surface area contributed by atoms with E-state index in [1.165, 1.54) is 5.56 Å². The smallest absolute Gasteiger partial charge is 0.196 e. The molecule has 0 N–H and O–H groups in total. The van der Waals surface area contributed by atoms with E-state index in [0.29, 0.717) is 58.0 Å². The lowest BCUT2D eigenvalue weighted by molar-refractivity contribution is 0.0803. The molecule has 0 aliphatic carbocycles. The Bertz CT molecular complexity index is 1770. The molecule has 3 aromatic heterocycles. The van der Waals surface area contributed by atoms with Gasteiger partial charge in [-0.25, -0.2) is 4.98 Å². The second kappa shape index (κ2) is 11.1. The van der Waals surface area contributed by atoms with E-state index < -0.39 is 6.10 Å². The van der Waals surface area contributed by atoms with Crippen molar-refractivity contribution in [2.75, 3.05) is 6.61 Å². The van der Waals surface area contributed by atoms with Gasteiger partial charge in [-0.3, -0.25) is 9.48 Å². The van der Waals surface area contributed by atoms with E-state index in [0.717, 1.165) is 28.1 Å². The van der Waals surface area contributed by atoms with Gasteiger partial charge < -0.3 is 13.9 Å². The number of aromatic nitrogens is 3. The first-order valence-corrected chi connectivity index (χ1v) is 14.5. The van der Waals surface area contributed by atoms with Crippen LogP contribution >= 0.6 is 23.4 Å². The number of benzene rings is 2. The third kappa shape index (κ3) is 5.14. The minimum atomic E-state index is -0.440. The largest absolute Gasteiger partial charge is 0.483 e. The Morgan fingerprint density at radius 1 is 1.15 bits per heavy atom. The van der Waals surface area contributed by atoms with Crippen LogP contribution < -0.4 is 10.2 Å². The second-order valence-corrected chi connectivity index (χ2v) is 11.2. The van der Waals surface area contributed by atoms with Gasteiger partial charge in [0.2, 0.25) is 0 Å². The number of rotatable bonds is 7. The molecule has 9 heteroatoms. The van der Waals surface area contributed by atoms with Crippen LogP contribution in [0.1, 0.15) is 41.0 Å². The summed E-state index contributed by atoms with van der Waals surface area (Å²) in [6, 6.07) is 17.6. The van der Waals surface area contributed by atoms with E-state index in [1.807, 2.05) is 54.9 Å². The van der Waals surface area contributed by atoms with Crippen molar-refractivity contribution in [3.8, 4) is 17.1 Å². The van der Waals surface area contributed by atoms with Crippen LogP contribution in [0.3, 0.4) is 0 Å². The highest BCUT2D eigenvalue weighted by atomic mass is 35.5. The molecule has 0 saturated heterocycles. The zero-order valence-electron chi connectivity index (χ0n) is 22.4. The van der Waals surface area contributed by atoms with Crippen molar-refractivity contribution < 1.29 is 13.9 Å². The lowest BCUT2D eigenvalue weighted by Crippen LogP contribution is -2.18. The van der Waals surface area contributed by atoms with Gasteiger partial charge in [0.05, 0.1) is 42.6 Å². The molecule has 2 aromatic carbocycles. The van der Waals surface area contributed by atoms with Crippen molar-refractivity contribution in [1.29, 1.82) is 0 Å². The van der Waals surface area contributed by atoms with Crippen molar-refractivity contribution >= 4 is 34.3 Å². The van der Waals surface area contributed by atoms with E-state index in [-0.39, 0.29) is 5.43 Å². The summed E-state index contributed by atoms with van der Waals surface area (Å²) >= 11 is 7.82. The van der Waals surface area contributed by atoms with Crippen LogP contribution in [0.5, 0.6) is 5.75 Å². The molecule has 6 rings (SSSR count). The lowest BCUT2D eigenvalue weighted by Gasteiger charge is -2.20. The van der Waals surface area contributed by atoms with Gasteiger partial charge in [0.1, 0.15) is 27.6 Å². The Kier molecular flexibility index (Phi) is 7.40. The summed E-state index contributed by atoms with van der Waals surface area (Å²) in [6.07, 6.45) is 1.31. The Morgan fingerprint density at radius 3 is 2.80 bits per heavy atom. The molecule has 0 saturated carbocycles. The summed E-state index contributed by atoms with van der Waals surface area (Å²) in [5, 5.41) is 6.12. The summed E-state index contributed by atoms with van der Waals surface area (Å²) in [4.78, 5) is 18.2. The monoisotopic (exact) mass is 573 g/mol. The van der Waals surface area contributed by atoms with Crippen LogP contribution in [-0.4, -0.2) is 21.4 Å². The van der Waals surface area contributed by atoms with E-state index in [2.05, 4.69) is 22.2 Å². The number of fused-ring (bicyclic) bond motifs is 2. The van der Waals surface area contributed by atoms with E-state index >= 15 is 0 Å². The van der Waals surface area contributed by atoms with Gasteiger partial charge in [-0.2, -0.15) is 5.10 Å². The minimum Gasteiger partial charge on any atom is -0.483 e. The van der Waals surface area contributed by atoms with Crippen LogP contribution in [0.25, 0.3) is 22.3 Å². The van der Waals surface area contributed by atoms with Crippen LogP contribution in [-0.2, 0) is 23.6 Å². The highest BCUT2D eigenvalue weighted by Gasteiger charge is 2.24. The number of thioether (sulfide) groups is 1. The number of aryl methyl sites for hydroxylation is 1. The van der Waals surface area contributed by atoms with Crippen LogP contribution in [0.4, 0.5) is 0 Å². The Labute approximate surface area is 241 Å². The van der Waals surface area contributed by atoms with Crippen molar-refractivity contribution in [2.45, 2.75) is 50.8 Å². The molecule has 4 heterocycles. The second-order valence-electron chi connectivity index (χ2n) is 9.87. The van der Waals surface area contributed by atoms with Crippen molar-refractivity contribution in [3.05, 3.63) is 104 Å². The Balaban J connectivity index is 1.39. The molecule has 40 heavy (non-hydrogen) atoms. The van der Waals surface area contributed by atoms with Crippen molar-refractivity contribution in [1.82, 2.24) is 14.8 Å². The molecule has 0 fully saturated rings. The van der Waals surface area contributed by atoms with Gasteiger partial charge in [-0.05, 0) is 56.2 Å². The van der Waals surface area contributed by atoms with Crippen LogP contribution in [0.2, 0.25) is 5.15 Å². The van der Waals surface area contributed by atoms with Crippen LogP contribution in [0.15, 0.2) is 75.0 Å². The molecule has 204 valence electrons. The zero-order valence-corrected chi connectivity index (χ0v) is 24.0. The minimum absolute atomic E-state index is 0.0719. The average Bonchev–Trinajstić information content (AvgIpc) is 3.39. The number of pyridine rings is 1. The topological polar surface area (TPSA) is 79.4 Å². The molecule has 1 aliphatic rings. The average molecular weight is 574 g/mol. The number of hydrogen-bond donors (Lipinski definition) is 0. The summed E-state index contributed by atoms with van der Waals surface area (Å²) in [5.74, 6) is 1.85. The lowest BCUT2D eigenvalue weighted by atomic mass is 10.00. The molecular weight excluding hydrogens is 546 g/mol. The molecular formula is C31H28ClN3O4S. The molecule has 1 atom stereocenters. The maximum Gasteiger partial charge on any atom is 0.196 e. The maximum absolute atomic E-state index is 13.6. The molecule has 0 radical (unpaired) electrons. The summed E-state index contributed by atoms with van der Waals surface area (Å²) in [5.41, 5.74) is 5.55. The van der Waals surface area contributed by atoms with Gasteiger partial charge in [-0.1, -0.05) is 53.7 Å². The predicted molar refractivity (Wildman–Crippen MR) is 157 cm³/mol. The Morgan fingerprint density at radius 2 is 1.98 bits per heavy atom. The van der Waals surface area contributed by atoms with Crippen molar-refractivity contribution in [3.63, 3.8) is 0 Å². The quantitative estimate of drug-likeness (QED) is 0.149. The number of hydrogen-bond acceptors (Lipinski definition) is 7. The number of nitrogens with zero attached hydrogens (tertiary/aromatic N) is 3. The first kappa shape index (κ1) is 26.6. The Hall–Kier alpha value is -3.59. The highest BCUT2D eigenvalue weighted by Crippen LogP contribution is 2.37. The molecule has 0 bridgehead atoms. The fourth-order valence-corrected chi connectivity index (χ4v) is 6.08. The summed E-state index contributed by atoms with van der Waals surface area (Å²) in [7, 11) is 0. The SMILES string of the molecule is Cc1cc([C@@H](C)Oc2ccc(Cl)nc2SCc2ccccc2)c2oc(-c3cnn4c3COCC4)c(C)c(=O)c2c1. The first-order valence-electron chi connectivity index (χ1n) is 13.1. The zero-order chi connectivity index (χ0) is 27.8. The highest BCUT2D eigenvalue weighted by molar-refractivity contribution is 7.98. The summed E-state index contributed by atoms with van der Waals surface area (Å²) in [6.45, 7) is 7.41. The van der Waals surface area contributed by atoms with E-state index in [1.54, 1.807) is 30.9 Å². The molecule has 7 nitrogen and oxygen atoms in total. The van der Waals surface area contributed by atoms with E-state index in [9.17, 15) is 4.79 Å². The standard InChI is InChI=1S/C31H28ClN3O4S/c1-18-13-22(20(3)38-26-9-10-27(32)34-31(26)40-17-21-7-5-4-6-8-21)30-23(14-18)28(36)19(2)29(39-30)24-15-33-35-11-12-37-16-25(24)35/h4-10,13-15,20H,11-12,16-17H2,1-3H3/t20-/m1/s1. The van der Waals surface area contributed by atoms with Gasteiger partial charge >= 0.3 is 0 Å². The third-order valence-electron chi connectivity index (χ3n) is 7.02. The molecule has 5 aromatic rings. The molecule has 1 aliphatic heterocycles. The number of ether oxygens (including phenoxy) is 2. The molecule has 0 unspecified atom stereocenters. The molecule has 0 spiro atoms. The summed E-state index contributed by atoms with van der Waals surface area (Å²) < 4.78 is 20.6. The normalized spacial score (nSPS) is 13.8. The van der Waals surface area contributed by atoms with Crippen molar-refractivity contribution in [2.24, 2.45) is 0 Å². The van der Waals surface area contributed by atoms with Gasteiger partial charge in [0.25, 0.3) is 0 Å². The molecule has 0 amide bonds. The van der Waals surface area contributed by atoms with E-state index in [4.69, 9.17) is 25.5 Å². The number of halogens is 1. The van der Waals surface area contributed by atoms with Gasteiger partial charge in [-0.15, -0.1) is 0 Å². The van der Waals surface area contributed by atoms with Crippen LogP contribution in [0, 0.1) is 13.8 Å².